The van der Waals surface area contributed by atoms with Crippen LogP contribution in [0.1, 0.15) is 26.2 Å². The van der Waals surface area contributed by atoms with Crippen LogP contribution >= 0.6 is 11.5 Å². The van der Waals surface area contributed by atoms with Crippen molar-refractivity contribution in [3.05, 3.63) is 0 Å². The highest BCUT2D eigenvalue weighted by Crippen LogP contribution is 2.33. The Morgan fingerprint density at radius 2 is 2.30 bits per heavy atom. The second-order valence-electron chi connectivity index (χ2n) is 5.29. The van der Waals surface area contributed by atoms with E-state index in [4.69, 9.17) is 5.73 Å². The number of hydrogen-bond acceptors (Lipinski definition) is 7. The second-order valence-corrected chi connectivity index (χ2v) is 8.11. The zero-order valence-electron chi connectivity index (χ0n) is 11.9. The monoisotopic (exact) mass is 318 g/mol. The number of anilines is 2. The van der Waals surface area contributed by atoms with Gasteiger partial charge in [0.15, 0.2) is 15.7 Å². The fourth-order valence-corrected chi connectivity index (χ4v) is 5.21. The van der Waals surface area contributed by atoms with Crippen LogP contribution in [0, 0.1) is 0 Å². The van der Waals surface area contributed by atoms with Gasteiger partial charge in [-0.05, 0) is 44.4 Å². The van der Waals surface area contributed by atoms with Gasteiger partial charge in [-0.2, -0.15) is 4.37 Å². The number of hydrogen-bond donors (Lipinski definition) is 2. The van der Waals surface area contributed by atoms with E-state index in [1.165, 1.54) is 0 Å². The zero-order valence-corrected chi connectivity index (χ0v) is 13.6. The summed E-state index contributed by atoms with van der Waals surface area (Å²) in [5.74, 6) is 0.226. The maximum absolute atomic E-state index is 12.3. The van der Waals surface area contributed by atoms with Crippen molar-refractivity contribution in [3.8, 4) is 0 Å². The Morgan fingerprint density at radius 1 is 1.55 bits per heavy atom. The molecule has 0 amide bonds. The summed E-state index contributed by atoms with van der Waals surface area (Å²) in [5.41, 5.74) is 5.76. The van der Waals surface area contributed by atoms with Crippen LogP contribution in [0.4, 0.5) is 10.8 Å². The number of nitrogens with zero attached hydrogens (tertiary/aromatic N) is 2. The van der Waals surface area contributed by atoms with Crippen LogP contribution in [0.25, 0.3) is 0 Å². The molecule has 0 saturated carbocycles. The van der Waals surface area contributed by atoms with E-state index >= 15 is 0 Å². The van der Waals surface area contributed by atoms with Crippen molar-refractivity contribution in [1.29, 1.82) is 0 Å². The third-order valence-electron chi connectivity index (χ3n) is 3.42. The first-order valence-corrected chi connectivity index (χ1v) is 9.29. The van der Waals surface area contributed by atoms with Gasteiger partial charge in [-0.3, -0.25) is 0 Å². The number of likely N-dealkylation sites (N-methyl/N-ethyl adjacent to an activating group) is 1. The third-order valence-corrected chi connectivity index (χ3v) is 6.32. The van der Waals surface area contributed by atoms with Gasteiger partial charge in [0.2, 0.25) is 0 Å². The van der Waals surface area contributed by atoms with Crippen LogP contribution in [0.2, 0.25) is 0 Å². The summed E-state index contributed by atoms with van der Waals surface area (Å²) in [6.45, 7) is 3.84. The van der Waals surface area contributed by atoms with Gasteiger partial charge < -0.3 is 16.0 Å². The maximum atomic E-state index is 12.3. The number of aromatic nitrogens is 1. The molecule has 20 heavy (non-hydrogen) atoms. The van der Waals surface area contributed by atoms with Gasteiger partial charge in [0.1, 0.15) is 9.90 Å². The number of nitrogens with one attached hydrogen (secondary N) is 1. The predicted molar refractivity (Wildman–Crippen MR) is 83.0 cm³/mol. The topological polar surface area (TPSA) is 88.3 Å². The summed E-state index contributed by atoms with van der Waals surface area (Å²) >= 11 is 1.14. The van der Waals surface area contributed by atoms with Crippen LogP contribution in [-0.4, -0.2) is 49.6 Å². The lowest BCUT2D eigenvalue weighted by Crippen LogP contribution is -2.39. The van der Waals surface area contributed by atoms with E-state index in [0.29, 0.717) is 11.4 Å². The Labute approximate surface area is 124 Å². The van der Waals surface area contributed by atoms with Crippen molar-refractivity contribution >= 4 is 32.2 Å². The van der Waals surface area contributed by atoms with Crippen molar-refractivity contribution in [3.63, 3.8) is 0 Å². The zero-order chi connectivity index (χ0) is 14.8. The summed E-state index contributed by atoms with van der Waals surface area (Å²) in [7, 11) is -1.27. The van der Waals surface area contributed by atoms with E-state index in [1.54, 1.807) is 0 Å². The van der Waals surface area contributed by atoms with E-state index < -0.39 is 9.84 Å². The lowest BCUT2D eigenvalue weighted by molar-refractivity contribution is 0.261. The molecule has 1 aliphatic rings. The second kappa shape index (κ2) is 6.28. The van der Waals surface area contributed by atoms with E-state index in [0.717, 1.165) is 37.5 Å². The minimum atomic E-state index is -3.35. The Kier molecular flexibility index (Phi) is 4.87. The standard InChI is InChI=1S/C12H22N4O2S2/c1-3-7-20(17,18)10-11(13)15-19-12(10)14-9-5-4-6-16(2)8-9/h9,14H,3-8H2,1-2H3,(H2,13,15). The number of sulfone groups is 1. The van der Waals surface area contributed by atoms with E-state index in [-0.39, 0.29) is 22.5 Å². The van der Waals surface area contributed by atoms with E-state index in [2.05, 4.69) is 21.6 Å². The maximum Gasteiger partial charge on any atom is 0.185 e. The smallest absolute Gasteiger partial charge is 0.185 e. The summed E-state index contributed by atoms with van der Waals surface area (Å²) in [6, 6.07) is 0.254. The molecule has 0 aliphatic carbocycles. The minimum Gasteiger partial charge on any atom is -0.382 e. The first kappa shape index (κ1) is 15.5. The molecule has 1 unspecified atom stereocenters. The van der Waals surface area contributed by atoms with Gasteiger partial charge in [-0.1, -0.05) is 6.92 Å². The SMILES string of the molecule is CCCS(=O)(=O)c1c(N)nsc1NC1CCCN(C)C1. The average molecular weight is 318 g/mol. The highest BCUT2D eigenvalue weighted by Gasteiger charge is 2.27. The molecule has 1 aliphatic heterocycles. The lowest BCUT2D eigenvalue weighted by Gasteiger charge is -2.30. The Hall–Kier alpha value is -0.860. The van der Waals surface area contributed by atoms with E-state index in [9.17, 15) is 8.42 Å². The van der Waals surface area contributed by atoms with Gasteiger partial charge in [-0.25, -0.2) is 8.42 Å². The number of nitrogen functional groups attached to an aromatic ring is 1. The summed E-state index contributed by atoms with van der Waals surface area (Å²) < 4.78 is 28.6. The lowest BCUT2D eigenvalue weighted by atomic mass is 10.1. The first-order chi connectivity index (χ1) is 9.44. The number of rotatable bonds is 5. The first-order valence-electron chi connectivity index (χ1n) is 6.87. The predicted octanol–water partition coefficient (Wildman–Crippen LogP) is 1.42. The Morgan fingerprint density at radius 3 is 2.95 bits per heavy atom. The summed E-state index contributed by atoms with van der Waals surface area (Å²) in [4.78, 5) is 2.43. The molecule has 3 N–H and O–H groups in total. The summed E-state index contributed by atoms with van der Waals surface area (Å²) in [6.07, 6.45) is 2.72. The van der Waals surface area contributed by atoms with Crippen LogP contribution in [0.5, 0.6) is 0 Å². The largest absolute Gasteiger partial charge is 0.382 e. The molecule has 0 spiro atoms. The molecule has 2 rings (SSSR count). The average Bonchev–Trinajstić information content (AvgIpc) is 2.71. The third kappa shape index (κ3) is 3.42. The van der Waals surface area contributed by atoms with Crippen LogP contribution in [-0.2, 0) is 9.84 Å². The molecule has 6 nitrogen and oxygen atoms in total. The molecule has 0 radical (unpaired) electrons. The van der Waals surface area contributed by atoms with Crippen molar-refractivity contribution in [2.45, 2.75) is 37.1 Å². The molecule has 1 saturated heterocycles. The quantitative estimate of drug-likeness (QED) is 0.853. The van der Waals surface area contributed by atoms with Crippen molar-refractivity contribution < 1.29 is 8.42 Å². The van der Waals surface area contributed by atoms with Gasteiger partial charge >= 0.3 is 0 Å². The van der Waals surface area contributed by atoms with Crippen molar-refractivity contribution in [2.75, 3.05) is 36.9 Å². The normalized spacial score (nSPS) is 21.0. The molecule has 1 fully saturated rings. The van der Waals surface area contributed by atoms with Gasteiger partial charge in [0.25, 0.3) is 0 Å². The molecule has 1 atom stereocenters. The fourth-order valence-electron chi connectivity index (χ4n) is 2.53. The highest BCUT2D eigenvalue weighted by atomic mass is 32.2. The molecule has 0 aromatic carbocycles. The molecule has 0 bridgehead atoms. The Balaban J connectivity index is 2.21. The molecule has 8 heteroatoms. The highest BCUT2D eigenvalue weighted by molar-refractivity contribution is 7.91. The molecular weight excluding hydrogens is 296 g/mol. The molecule has 1 aromatic rings. The van der Waals surface area contributed by atoms with Crippen LogP contribution < -0.4 is 11.1 Å². The molecular formula is C12H22N4O2S2. The van der Waals surface area contributed by atoms with Gasteiger partial charge in [-0.15, -0.1) is 0 Å². The van der Waals surface area contributed by atoms with E-state index in [1.807, 2.05) is 6.92 Å². The minimum absolute atomic E-state index is 0.106. The summed E-state index contributed by atoms with van der Waals surface area (Å²) in [5, 5.41) is 3.91. The molecule has 1 aromatic heterocycles. The van der Waals surface area contributed by atoms with Crippen LogP contribution in [0.3, 0.4) is 0 Å². The van der Waals surface area contributed by atoms with Crippen molar-refractivity contribution in [2.24, 2.45) is 0 Å². The molecule has 2 heterocycles. The van der Waals surface area contributed by atoms with Gasteiger partial charge in [0.05, 0.1) is 5.75 Å². The number of piperidine rings is 1. The van der Waals surface area contributed by atoms with Gasteiger partial charge in [0, 0.05) is 12.6 Å². The molecule has 114 valence electrons. The van der Waals surface area contributed by atoms with Crippen molar-refractivity contribution in [1.82, 2.24) is 9.27 Å². The van der Waals surface area contributed by atoms with Crippen LogP contribution in [0.15, 0.2) is 4.90 Å². The number of likely N-dealkylation sites (tertiary alicyclic amines) is 1. The number of nitrogens with two attached hydrogens (primary N) is 1. The fraction of sp³-hybridized carbons (Fsp3) is 0.750. The Bertz CT molecular complexity index is 556.